The Bertz CT molecular complexity index is 735. The first-order valence-electron chi connectivity index (χ1n) is 9.16. The van der Waals surface area contributed by atoms with E-state index in [1.165, 1.54) is 25.6 Å². The molecule has 1 aromatic heterocycles. The number of rotatable bonds is 5. The third-order valence-electron chi connectivity index (χ3n) is 5.33. The zero-order valence-corrected chi connectivity index (χ0v) is 15.1. The summed E-state index contributed by atoms with van der Waals surface area (Å²) in [6, 6.07) is 4.85. The molecule has 2 aliphatic rings. The van der Waals surface area contributed by atoms with Gasteiger partial charge in [-0.25, -0.2) is 9.37 Å². The smallest absolute Gasteiger partial charge is 0.141 e. The molecular weight excluding hydrogens is 339 g/mol. The van der Waals surface area contributed by atoms with E-state index in [1.807, 2.05) is 0 Å². The summed E-state index contributed by atoms with van der Waals surface area (Å²) in [5, 5.41) is 3.57. The molecule has 2 fully saturated rings. The fraction of sp³-hybridized carbons (Fsp3) is 0.526. The summed E-state index contributed by atoms with van der Waals surface area (Å²) in [5.74, 6) is 1.26. The fourth-order valence-corrected chi connectivity index (χ4v) is 3.84. The van der Waals surface area contributed by atoms with Gasteiger partial charge < -0.3 is 14.8 Å². The molecule has 4 rings (SSSR count). The quantitative estimate of drug-likeness (QED) is 0.883. The molecule has 0 unspecified atom stereocenters. The van der Waals surface area contributed by atoms with Crippen molar-refractivity contribution >= 4 is 11.6 Å². The molecule has 0 amide bonds. The summed E-state index contributed by atoms with van der Waals surface area (Å²) in [5.41, 5.74) is 1.77. The van der Waals surface area contributed by atoms with Crippen LogP contribution >= 0.6 is 11.6 Å². The van der Waals surface area contributed by atoms with Crippen LogP contribution in [0.15, 0.2) is 24.4 Å². The molecule has 25 heavy (non-hydrogen) atoms. The summed E-state index contributed by atoms with van der Waals surface area (Å²) in [6.07, 6.45) is 5.65. The molecule has 134 valence electrons. The van der Waals surface area contributed by atoms with Crippen molar-refractivity contribution in [2.45, 2.75) is 31.7 Å². The van der Waals surface area contributed by atoms with Crippen LogP contribution in [-0.4, -0.2) is 47.2 Å². The highest BCUT2D eigenvalue weighted by molar-refractivity contribution is 6.31. The van der Waals surface area contributed by atoms with Gasteiger partial charge in [0, 0.05) is 30.8 Å². The molecule has 0 spiro atoms. The number of imidazole rings is 1. The van der Waals surface area contributed by atoms with Gasteiger partial charge in [-0.3, -0.25) is 0 Å². The largest absolute Gasteiger partial charge is 0.333 e. The molecule has 2 saturated heterocycles. The highest BCUT2D eigenvalue weighted by Gasteiger charge is 2.23. The van der Waals surface area contributed by atoms with Crippen molar-refractivity contribution in [1.82, 2.24) is 19.8 Å². The Kier molecular flexibility index (Phi) is 5.06. The maximum absolute atomic E-state index is 13.5. The van der Waals surface area contributed by atoms with Gasteiger partial charge in [0.1, 0.15) is 11.6 Å². The topological polar surface area (TPSA) is 33.1 Å². The molecular formula is C19H24ClFN4. The van der Waals surface area contributed by atoms with Crippen LogP contribution in [-0.2, 0) is 6.54 Å². The number of nitrogens with zero attached hydrogens (tertiary/aromatic N) is 3. The lowest BCUT2D eigenvalue weighted by molar-refractivity contribution is 0.173. The first-order valence-corrected chi connectivity index (χ1v) is 9.54. The van der Waals surface area contributed by atoms with Crippen LogP contribution in [0, 0.1) is 5.82 Å². The van der Waals surface area contributed by atoms with Gasteiger partial charge in [-0.1, -0.05) is 11.6 Å². The first kappa shape index (κ1) is 17.0. The lowest BCUT2D eigenvalue weighted by atomic mass is 9.97. The lowest BCUT2D eigenvalue weighted by Gasteiger charge is -2.31. The van der Waals surface area contributed by atoms with Crippen molar-refractivity contribution < 1.29 is 4.39 Å². The average molecular weight is 363 g/mol. The number of piperidine rings is 1. The standard InChI is InChI=1S/C19H24ClFN4/c20-16-12-15(2-3-17(16)21)18-13-25(11-10-24-8-1-9-24)19(23-18)14-4-6-22-7-5-14/h2-3,12-14,22H,1,4-11H2. The predicted octanol–water partition coefficient (Wildman–Crippen LogP) is 3.52. The van der Waals surface area contributed by atoms with Crippen molar-refractivity contribution in [3.05, 3.63) is 41.1 Å². The van der Waals surface area contributed by atoms with Crippen LogP contribution in [0.1, 0.15) is 31.0 Å². The normalized spacial score (nSPS) is 19.1. The lowest BCUT2D eigenvalue weighted by Crippen LogP contribution is -2.39. The minimum absolute atomic E-state index is 0.149. The first-order chi connectivity index (χ1) is 12.2. The number of nitrogens with one attached hydrogen (secondary N) is 1. The molecule has 2 aromatic rings. The maximum atomic E-state index is 13.5. The van der Waals surface area contributed by atoms with E-state index in [9.17, 15) is 4.39 Å². The van der Waals surface area contributed by atoms with Gasteiger partial charge in [0.25, 0.3) is 0 Å². The maximum Gasteiger partial charge on any atom is 0.141 e. The summed E-state index contributed by atoms with van der Waals surface area (Å²) in [6.45, 7) is 6.53. The second-order valence-corrected chi connectivity index (χ2v) is 7.43. The summed E-state index contributed by atoms with van der Waals surface area (Å²) in [4.78, 5) is 7.41. The van der Waals surface area contributed by atoms with Crippen LogP contribution in [0.4, 0.5) is 4.39 Å². The number of likely N-dealkylation sites (tertiary alicyclic amines) is 1. The van der Waals surface area contributed by atoms with Crippen LogP contribution in [0.2, 0.25) is 5.02 Å². The highest BCUT2D eigenvalue weighted by atomic mass is 35.5. The van der Waals surface area contributed by atoms with E-state index in [0.29, 0.717) is 5.92 Å². The Morgan fingerprint density at radius 3 is 2.68 bits per heavy atom. The van der Waals surface area contributed by atoms with E-state index in [0.717, 1.165) is 56.1 Å². The van der Waals surface area contributed by atoms with Gasteiger partial charge in [-0.15, -0.1) is 0 Å². The third-order valence-corrected chi connectivity index (χ3v) is 5.62. The Balaban J connectivity index is 1.62. The van der Waals surface area contributed by atoms with E-state index in [4.69, 9.17) is 16.6 Å². The van der Waals surface area contributed by atoms with Crippen molar-refractivity contribution in [1.29, 1.82) is 0 Å². The minimum atomic E-state index is -0.388. The van der Waals surface area contributed by atoms with E-state index < -0.39 is 0 Å². The number of hydrogen-bond acceptors (Lipinski definition) is 3. The SMILES string of the molecule is Fc1ccc(-c2cn(CCN3CCC3)c(C3CCNCC3)n2)cc1Cl. The summed E-state index contributed by atoms with van der Waals surface area (Å²) in [7, 11) is 0. The monoisotopic (exact) mass is 362 g/mol. The fourth-order valence-electron chi connectivity index (χ4n) is 3.66. The second-order valence-electron chi connectivity index (χ2n) is 7.03. The number of aromatic nitrogens is 2. The van der Waals surface area contributed by atoms with Crippen LogP contribution in [0.3, 0.4) is 0 Å². The minimum Gasteiger partial charge on any atom is -0.333 e. The van der Waals surface area contributed by atoms with E-state index in [-0.39, 0.29) is 10.8 Å². The van der Waals surface area contributed by atoms with E-state index in [1.54, 1.807) is 12.1 Å². The predicted molar refractivity (Wildman–Crippen MR) is 98.5 cm³/mol. The summed E-state index contributed by atoms with van der Waals surface area (Å²) >= 11 is 5.96. The molecule has 2 aliphatic heterocycles. The van der Waals surface area contributed by atoms with Gasteiger partial charge in [-0.05, 0) is 63.6 Å². The molecule has 0 saturated carbocycles. The third kappa shape index (κ3) is 3.73. The molecule has 3 heterocycles. The molecule has 0 atom stereocenters. The molecule has 1 aromatic carbocycles. The van der Waals surface area contributed by atoms with Crippen LogP contribution in [0.25, 0.3) is 11.3 Å². The molecule has 0 bridgehead atoms. The van der Waals surface area contributed by atoms with Crippen molar-refractivity contribution in [2.75, 3.05) is 32.7 Å². The number of benzene rings is 1. The Hall–Kier alpha value is -1.43. The van der Waals surface area contributed by atoms with Crippen LogP contribution < -0.4 is 5.32 Å². The molecule has 4 nitrogen and oxygen atoms in total. The van der Waals surface area contributed by atoms with Gasteiger partial charge >= 0.3 is 0 Å². The second kappa shape index (κ2) is 7.44. The Morgan fingerprint density at radius 1 is 1.20 bits per heavy atom. The molecule has 6 heteroatoms. The van der Waals surface area contributed by atoms with E-state index in [2.05, 4.69) is 21.0 Å². The highest BCUT2D eigenvalue weighted by Crippen LogP contribution is 2.30. The van der Waals surface area contributed by atoms with Crippen LogP contribution in [0.5, 0.6) is 0 Å². The van der Waals surface area contributed by atoms with Gasteiger partial charge in [0.2, 0.25) is 0 Å². The Morgan fingerprint density at radius 2 is 2.00 bits per heavy atom. The molecule has 1 N–H and O–H groups in total. The Labute approximate surface area is 153 Å². The zero-order chi connectivity index (χ0) is 17.2. The van der Waals surface area contributed by atoms with Crippen molar-refractivity contribution in [3.63, 3.8) is 0 Å². The van der Waals surface area contributed by atoms with Gasteiger partial charge in [-0.2, -0.15) is 0 Å². The zero-order valence-electron chi connectivity index (χ0n) is 14.3. The molecule has 0 aliphatic carbocycles. The number of halogens is 2. The van der Waals surface area contributed by atoms with Crippen molar-refractivity contribution in [2.24, 2.45) is 0 Å². The van der Waals surface area contributed by atoms with Gasteiger partial charge in [0.05, 0.1) is 10.7 Å². The van der Waals surface area contributed by atoms with E-state index >= 15 is 0 Å². The summed E-state index contributed by atoms with van der Waals surface area (Å²) < 4.78 is 15.8. The van der Waals surface area contributed by atoms with Gasteiger partial charge in [0.15, 0.2) is 0 Å². The number of hydrogen-bond donors (Lipinski definition) is 1. The van der Waals surface area contributed by atoms with Crippen molar-refractivity contribution in [3.8, 4) is 11.3 Å². The average Bonchev–Trinajstić information content (AvgIpc) is 3.01. The molecule has 0 radical (unpaired) electrons.